The van der Waals surface area contributed by atoms with Gasteiger partial charge in [-0.2, -0.15) is 11.8 Å². The number of hydrogen-bond acceptors (Lipinski definition) is 4. The summed E-state index contributed by atoms with van der Waals surface area (Å²) in [6.45, 7) is -0.0134. The summed E-state index contributed by atoms with van der Waals surface area (Å²) in [6.07, 6.45) is 6.59. The molecule has 0 unspecified atom stereocenters. The van der Waals surface area contributed by atoms with E-state index in [0.29, 0.717) is 0 Å². The Morgan fingerprint density at radius 3 is 2.84 bits per heavy atom. The van der Waals surface area contributed by atoms with Gasteiger partial charge in [0.05, 0.1) is 29.2 Å². The molecule has 2 amide bonds. The molecule has 3 rings (SSSR count). The predicted octanol–water partition coefficient (Wildman–Crippen LogP) is 2.96. The summed E-state index contributed by atoms with van der Waals surface area (Å²) in [4.78, 5) is 20.5. The van der Waals surface area contributed by atoms with Gasteiger partial charge in [-0.3, -0.25) is 0 Å². The number of benzene rings is 1. The van der Waals surface area contributed by atoms with Crippen molar-refractivity contribution in [3.8, 4) is 0 Å². The van der Waals surface area contributed by atoms with E-state index in [1.54, 1.807) is 11.8 Å². The zero-order valence-corrected chi connectivity index (χ0v) is 15.4. The molecular formula is C18H26N4O2S. The van der Waals surface area contributed by atoms with Crippen molar-refractivity contribution in [2.45, 2.75) is 43.7 Å². The first-order chi connectivity index (χ1) is 12.2. The Hall–Kier alpha value is -1.73. The van der Waals surface area contributed by atoms with E-state index in [4.69, 9.17) is 0 Å². The van der Waals surface area contributed by atoms with Crippen molar-refractivity contribution in [1.82, 2.24) is 20.6 Å². The monoisotopic (exact) mass is 362 g/mol. The van der Waals surface area contributed by atoms with E-state index in [-0.39, 0.29) is 18.7 Å². The number of aliphatic hydroxyl groups excluding tert-OH is 1. The summed E-state index contributed by atoms with van der Waals surface area (Å²) in [5.74, 6) is 1.70. The van der Waals surface area contributed by atoms with Gasteiger partial charge in [0.2, 0.25) is 0 Å². The average molecular weight is 362 g/mol. The number of H-pyrrole nitrogens is 1. The number of fused-ring (bicyclic) bond motifs is 1. The number of urea groups is 1. The van der Waals surface area contributed by atoms with Crippen LogP contribution in [-0.2, 0) is 0 Å². The first-order valence-corrected chi connectivity index (χ1v) is 10.2. The van der Waals surface area contributed by atoms with E-state index < -0.39 is 5.54 Å². The maximum absolute atomic E-state index is 12.5. The number of aromatic amines is 1. The van der Waals surface area contributed by atoms with Crippen LogP contribution in [0, 0.1) is 0 Å². The first-order valence-electron chi connectivity index (χ1n) is 8.79. The fraction of sp³-hybridized carbons (Fsp3) is 0.556. The minimum atomic E-state index is -0.470. The van der Waals surface area contributed by atoms with Crippen LogP contribution in [0.1, 0.15) is 44.0 Å². The van der Waals surface area contributed by atoms with Gasteiger partial charge in [-0.1, -0.05) is 25.0 Å². The summed E-state index contributed by atoms with van der Waals surface area (Å²) in [5.41, 5.74) is 1.40. The van der Waals surface area contributed by atoms with Crippen LogP contribution in [-0.4, -0.2) is 45.3 Å². The molecule has 136 valence electrons. The molecule has 7 heteroatoms. The highest BCUT2D eigenvalue weighted by atomic mass is 32.2. The van der Waals surface area contributed by atoms with Crippen LogP contribution in [0.5, 0.6) is 0 Å². The number of carbonyl (C=O) groups excluding carboxylic acids is 1. The summed E-state index contributed by atoms with van der Waals surface area (Å²) in [6, 6.07) is 7.44. The van der Waals surface area contributed by atoms with Crippen LogP contribution in [0.3, 0.4) is 0 Å². The molecule has 2 aromatic rings. The van der Waals surface area contributed by atoms with Gasteiger partial charge >= 0.3 is 6.03 Å². The summed E-state index contributed by atoms with van der Waals surface area (Å²) < 4.78 is 0. The van der Waals surface area contributed by atoms with E-state index in [0.717, 1.165) is 54.7 Å². The van der Waals surface area contributed by atoms with Gasteiger partial charge in [0.25, 0.3) is 0 Å². The van der Waals surface area contributed by atoms with Crippen LogP contribution in [0.4, 0.5) is 4.79 Å². The number of amides is 2. The predicted molar refractivity (Wildman–Crippen MR) is 102 cm³/mol. The first kappa shape index (κ1) is 18.1. The molecule has 0 radical (unpaired) electrons. The highest BCUT2D eigenvalue weighted by molar-refractivity contribution is 7.98. The number of aliphatic hydroxyl groups is 1. The van der Waals surface area contributed by atoms with Crippen LogP contribution in [0.15, 0.2) is 24.3 Å². The Balaban J connectivity index is 1.72. The molecule has 1 aliphatic rings. The van der Waals surface area contributed by atoms with Crippen molar-refractivity contribution < 1.29 is 9.90 Å². The number of carbonyl (C=O) groups is 1. The van der Waals surface area contributed by atoms with Crippen molar-refractivity contribution in [3.63, 3.8) is 0 Å². The molecule has 0 spiro atoms. The molecule has 6 nitrogen and oxygen atoms in total. The third-order valence-corrected chi connectivity index (χ3v) is 5.54. The number of thioether (sulfide) groups is 1. The number of rotatable bonds is 7. The molecule has 1 heterocycles. The fourth-order valence-corrected chi connectivity index (χ4v) is 3.93. The van der Waals surface area contributed by atoms with Gasteiger partial charge in [-0.15, -0.1) is 0 Å². The summed E-state index contributed by atoms with van der Waals surface area (Å²) >= 11 is 1.74. The molecule has 0 bridgehead atoms. The molecule has 1 aromatic heterocycles. The third-order valence-electron chi connectivity index (χ3n) is 4.90. The maximum atomic E-state index is 12.5. The van der Waals surface area contributed by atoms with E-state index >= 15 is 0 Å². The molecule has 0 aliphatic heterocycles. The lowest BCUT2D eigenvalue weighted by molar-refractivity contribution is 0.161. The van der Waals surface area contributed by atoms with Gasteiger partial charge in [0, 0.05) is 0 Å². The molecule has 1 atom stereocenters. The standard InChI is InChI=1S/C18H26N4O2S/c1-25-11-8-15(16-19-13-6-2-3-7-14(13)20-16)21-17(24)22-18(12-23)9-4-5-10-18/h2-3,6-7,15,23H,4-5,8-12H2,1H3,(H,19,20)(H2,21,22,24)/t15-/m0/s1. The van der Waals surface area contributed by atoms with Crippen molar-refractivity contribution in [3.05, 3.63) is 30.1 Å². The normalized spacial score (nSPS) is 17.5. The number of para-hydroxylation sites is 2. The van der Waals surface area contributed by atoms with Gasteiger partial charge in [-0.25, -0.2) is 9.78 Å². The third kappa shape index (κ3) is 4.27. The topological polar surface area (TPSA) is 90.0 Å². The average Bonchev–Trinajstić information content (AvgIpc) is 3.25. The molecule has 25 heavy (non-hydrogen) atoms. The van der Waals surface area contributed by atoms with Crippen LogP contribution in [0.2, 0.25) is 0 Å². The van der Waals surface area contributed by atoms with Crippen molar-refractivity contribution >= 4 is 28.8 Å². The van der Waals surface area contributed by atoms with Crippen molar-refractivity contribution in [1.29, 1.82) is 0 Å². The van der Waals surface area contributed by atoms with E-state index in [1.165, 1.54) is 0 Å². The Morgan fingerprint density at radius 1 is 1.40 bits per heavy atom. The largest absolute Gasteiger partial charge is 0.394 e. The molecule has 1 aliphatic carbocycles. The van der Waals surface area contributed by atoms with Gasteiger partial charge in [-0.05, 0) is 43.4 Å². The summed E-state index contributed by atoms with van der Waals surface area (Å²) in [7, 11) is 0. The minimum absolute atomic E-state index is 0.0134. The maximum Gasteiger partial charge on any atom is 0.315 e. The highest BCUT2D eigenvalue weighted by Gasteiger charge is 2.35. The second-order valence-electron chi connectivity index (χ2n) is 6.72. The number of nitrogens with zero attached hydrogens (tertiary/aromatic N) is 1. The lowest BCUT2D eigenvalue weighted by Gasteiger charge is -2.29. The molecule has 1 saturated carbocycles. The lowest BCUT2D eigenvalue weighted by atomic mass is 9.99. The molecule has 4 N–H and O–H groups in total. The number of nitrogens with one attached hydrogen (secondary N) is 3. The smallest absolute Gasteiger partial charge is 0.315 e. The number of hydrogen-bond donors (Lipinski definition) is 4. The van der Waals surface area contributed by atoms with Crippen LogP contribution < -0.4 is 10.6 Å². The Labute approximate surface area is 152 Å². The second kappa shape index (κ2) is 8.10. The minimum Gasteiger partial charge on any atom is -0.394 e. The zero-order chi connectivity index (χ0) is 17.7. The van der Waals surface area contributed by atoms with E-state index in [9.17, 15) is 9.90 Å². The lowest BCUT2D eigenvalue weighted by Crippen LogP contribution is -2.53. The number of aromatic nitrogens is 2. The van der Waals surface area contributed by atoms with Gasteiger partial charge in [0.1, 0.15) is 5.82 Å². The molecule has 1 fully saturated rings. The molecule has 0 saturated heterocycles. The molecular weight excluding hydrogens is 336 g/mol. The summed E-state index contributed by atoms with van der Waals surface area (Å²) in [5, 5.41) is 15.7. The Bertz CT molecular complexity index is 679. The highest BCUT2D eigenvalue weighted by Crippen LogP contribution is 2.29. The Kier molecular flexibility index (Phi) is 5.86. The van der Waals surface area contributed by atoms with E-state index in [1.807, 2.05) is 24.3 Å². The van der Waals surface area contributed by atoms with Crippen LogP contribution >= 0.6 is 11.8 Å². The zero-order valence-electron chi connectivity index (χ0n) is 14.5. The van der Waals surface area contributed by atoms with E-state index in [2.05, 4.69) is 26.9 Å². The Morgan fingerprint density at radius 2 is 2.16 bits per heavy atom. The van der Waals surface area contributed by atoms with Gasteiger partial charge in [0.15, 0.2) is 0 Å². The quantitative estimate of drug-likeness (QED) is 0.609. The second-order valence-corrected chi connectivity index (χ2v) is 7.70. The van der Waals surface area contributed by atoms with Crippen LogP contribution in [0.25, 0.3) is 11.0 Å². The van der Waals surface area contributed by atoms with Gasteiger partial charge < -0.3 is 20.7 Å². The molecule has 1 aromatic carbocycles. The number of imidazole rings is 1. The van der Waals surface area contributed by atoms with Crippen molar-refractivity contribution in [2.24, 2.45) is 0 Å². The fourth-order valence-electron chi connectivity index (χ4n) is 3.46. The SMILES string of the molecule is CSCC[C@H](NC(=O)NC1(CO)CCCC1)c1nc2ccccc2[nH]1. The van der Waals surface area contributed by atoms with Crippen molar-refractivity contribution in [2.75, 3.05) is 18.6 Å².